The van der Waals surface area contributed by atoms with Crippen molar-refractivity contribution in [2.75, 3.05) is 26.2 Å². The summed E-state index contributed by atoms with van der Waals surface area (Å²) in [6.45, 7) is 15.9. The molecular weight excluding hydrogens is 367 g/mol. The van der Waals surface area contributed by atoms with Crippen LogP contribution in [-0.2, 0) is 20.6 Å². The van der Waals surface area contributed by atoms with Crippen LogP contribution in [0.15, 0.2) is 24.3 Å². The van der Waals surface area contributed by atoms with Gasteiger partial charge in [-0.15, -0.1) is 0 Å². The van der Waals surface area contributed by atoms with Crippen LogP contribution in [0.4, 0.5) is 4.79 Å². The van der Waals surface area contributed by atoms with E-state index in [9.17, 15) is 4.79 Å². The van der Waals surface area contributed by atoms with E-state index >= 15 is 0 Å². The van der Waals surface area contributed by atoms with Crippen LogP contribution in [0, 0.1) is 0 Å². The lowest BCUT2D eigenvalue weighted by molar-refractivity contribution is -0.0230. The molecule has 29 heavy (non-hydrogen) atoms. The summed E-state index contributed by atoms with van der Waals surface area (Å²) in [7, 11) is -0.340. The molecule has 1 atom stereocenters. The molecule has 0 N–H and O–H groups in total. The van der Waals surface area contributed by atoms with Crippen LogP contribution < -0.4 is 5.46 Å². The first kappa shape index (κ1) is 22.1. The SMILES string of the molecule is CC1CC(C)(C)OB(c2ccccc2CN2CCN(C(=O)OC(C)(C)C)CC2)O1. The molecule has 2 heterocycles. The van der Waals surface area contributed by atoms with Crippen LogP contribution in [0.1, 0.15) is 53.5 Å². The van der Waals surface area contributed by atoms with E-state index in [0.29, 0.717) is 13.1 Å². The molecule has 0 spiro atoms. The second-order valence-electron chi connectivity index (χ2n) is 9.80. The van der Waals surface area contributed by atoms with E-state index in [0.717, 1.165) is 31.5 Å². The smallest absolute Gasteiger partial charge is 0.444 e. The van der Waals surface area contributed by atoms with Gasteiger partial charge in [-0.2, -0.15) is 0 Å². The number of hydrogen-bond acceptors (Lipinski definition) is 5. The van der Waals surface area contributed by atoms with Crippen molar-refractivity contribution < 1.29 is 18.8 Å². The molecule has 1 amide bonds. The molecule has 0 radical (unpaired) electrons. The largest absolute Gasteiger partial charge is 0.494 e. The molecule has 1 unspecified atom stereocenters. The molecule has 0 aromatic heterocycles. The Hall–Kier alpha value is -1.57. The number of carbonyl (C=O) groups is 1. The third-order valence-electron chi connectivity index (χ3n) is 5.29. The number of hydrogen-bond donors (Lipinski definition) is 0. The average Bonchev–Trinajstić information content (AvgIpc) is 2.59. The van der Waals surface area contributed by atoms with Crippen LogP contribution in [0.5, 0.6) is 0 Å². The molecule has 1 aromatic rings. The van der Waals surface area contributed by atoms with Gasteiger partial charge in [0.2, 0.25) is 0 Å². The quantitative estimate of drug-likeness (QED) is 0.728. The Morgan fingerprint density at radius 1 is 1.21 bits per heavy atom. The predicted molar refractivity (Wildman–Crippen MR) is 115 cm³/mol. The molecule has 0 saturated carbocycles. The van der Waals surface area contributed by atoms with E-state index in [1.807, 2.05) is 26.8 Å². The number of nitrogens with zero attached hydrogens (tertiary/aromatic N) is 2. The number of piperazine rings is 1. The zero-order valence-electron chi connectivity index (χ0n) is 18.7. The van der Waals surface area contributed by atoms with Crippen molar-refractivity contribution in [1.82, 2.24) is 9.80 Å². The number of rotatable bonds is 3. The van der Waals surface area contributed by atoms with Gasteiger partial charge in [0.15, 0.2) is 0 Å². The van der Waals surface area contributed by atoms with Crippen molar-refractivity contribution >= 4 is 18.7 Å². The van der Waals surface area contributed by atoms with Gasteiger partial charge in [-0.1, -0.05) is 24.3 Å². The Labute approximate surface area is 175 Å². The highest BCUT2D eigenvalue weighted by atomic mass is 16.6. The summed E-state index contributed by atoms with van der Waals surface area (Å²) < 4.78 is 17.9. The average molecular weight is 402 g/mol. The Kier molecular flexibility index (Phi) is 6.61. The highest BCUT2D eigenvalue weighted by Crippen LogP contribution is 2.26. The van der Waals surface area contributed by atoms with E-state index in [-0.39, 0.29) is 24.9 Å². The first-order valence-electron chi connectivity index (χ1n) is 10.6. The number of benzene rings is 1. The Morgan fingerprint density at radius 3 is 2.48 bits per heavy atom. The topological polar surface area (TPSA) is 51.2 Å². The van der Waals surface area contributed by atoms with E-state index in [1.165, 1.54) is 5.56 Å². The third kappa shape index (κ3) is 6.20. The van der Waals surface area contributed by atoms with Gasteiger partial charge >= 0.3 is 13.2 Å². The lowest BCUT2D eigenvalue weighted by atomic mass is 9.72. The van der Waals surface area contributed by atoms with Crippen LogP contribution in [0.25, 0.3) is 0 Å². The maximum atomic E-state index is 12.3. The van der Waals surface area contributed by atoms with Crippen LogP contribution >= 0.6 is 0 Å². The van der Waals surface area contributed by atoms with E-state index in [2.05, 4.69) is 43.9 Å². The molecule has 160 valence electrons. The summed E-state index contributed by atoms with van der Waals surface area (Å²) in [5.74, 6) is 0. The first-order valence-corrected chi connectivity index (χ1v) is 10.6. The van der Waals surface area contributed by atoms with Gasteiger partial charge in [0.05, 0.1) is 5.60 Å². The zero-order chi connectivity index (χ0) is 21.2. The van der Waals surface area contributed by atoms with Crippen molar-refractivity contribution in [2.45, 2.75) is 71.8 Å². The van der Waals surface area contributed by atoms with Gasteiger partial charge < -0.3 is 18.9 Å². The highest BCUT2D eigenvalue weighted by molar-refractivity contribution is 6.62. The third-order valence-corrected chi connectivity index (χ3v) is 5.29. The summed E-state index contributed by atoms with van der Waals surface area (Å²) in [5.41, 5.74) is 1.65. The molecule has 7 heteroatoms. The Balaban J connectivity index is 1.62. The van der Waals surface area contributed by atoms with Gasteiger partial charge in [-0.3, -0.25) is 4.90 Å². The Morgan fingerprint density at radius 2 is 1.86 bits per heavy atom. The lowest BCUT2D eigenvalue weighted by Gasteiger charge is -2.39. The molecule has 2 aliphatic heterocycles. The minimum Gasteiger partial charge on any atom is -0.444 e. The number of carbonyl (C=O) groups excluding carboxylic acids is 1. The summed E-state index contributed by atoms with van der Waals surface area (Å²) in [6, 6.07) is 8.35. The molecule has 0 aliphatic carbocycles. The summed E-state index contributed by atoms with van der Waals surface area (Å²) >= 11 is 0. The molecule has 2 aliphatic rings. The van der Waals surface area contributed by atoms with Gasteiger partial charge in [0.1, 0.15) is 5.60 Å². The maximum absolute atomic E-state index is 12.3. The van der Waals surface area contributed by atoms with E-state index in [4.69, 9.17) is 14.0 Å². The zero-order valence-corrected chi connectivity index (χ0v) is 18.7. The normalized spacial score (nSPS) is 23.2. The summed E-state index contributed by atoms with van der Waals surface area (Å²) in [4.78, 5) is 16.5. The van der Waals surface area contributed by atoms with Crippen molar-refractivity contribution in [3.63, 3.8) is 0 Å². The van der Waals surface area contributed by atoms with Crippen molar-refractivity contribution in [2.24, 2.45) is 0 Å². The van der Waals surface area contributed by atoms with Crippen LogP contribution in [0.3, 0.4) is 0 Å². The Bertz CT molecular complexity index is 711. The van der Waals surface area contributed by atoms with Crippen LogP contribution in [0.2, 0.25) is 0 Å². The van der Waals surface area contributed by atoms with Gasteiger partial charge in [-0.05, 0) is 59.0 Å². The van der Waals surface area contributed by atoms with Crippen molar-refractivity contribution in [3.8, 4) is 0 Å². The molecule has 1 aromatic carbocycles. The molecular formula is C22H35BN2O4. The van der Waals surface area contributed by atoms with Gasteiger partial charge in [0.25, 0.3) is 0 Å². The lowest BCUT2D eigenvalue weighted by Crippen LogP contribution is -2.53. The first-order chi connectivity index (χ1) is 13.5. The molecule has 0 bridgehead atoms. The fourth-order valence-electron chi connectivity index (χ4n) is 4.02. The molecule has 2 fully saturated rings. The fraction of sp³-hybridized carbons (Fsp3) is 0.682. The number of amides is 1. The maximum Gasteiger partial charge on any atom is 0.494 e. The monoisotopic (exact) mass is 402 g/mol. The van der Waals surface area contributed by atoms with Gasteiger partial charge in [-0.25, -0.2) is 4.79 Å². The summed E-state index contributed by atoms with van der Waals surface area (Å²) in [6.07, 6.45) is 0.824. The predicted octanol–water partition coefficient (Wildman–Crippen LogP) is 3.04. The highest BCUT2D eigenvalue weighted by Gasteiger charge is 2.39. The second-order valence-corrected chi connectivity index (χ2v) is 9.80. The molecule has 3 rings (SSSR count). The number of ether oxygens (including phenoxy) is 1. The van der Waals surface area contributed by atoms with Crippen LogP contribution in [-0.4, -0.2) is 66.5 Å². The van der Waals surface area contributed by atoms with Gasteiger partial charge in [0, 0.05) is 38.8 Å². The molecule has 6 nitrogen and oxygen atoms in total. The second kappa shape index (κ2) is 8.66. The van der Waals surface area contributed by atoms with E-state index in [1.54, 1.807) is 4.90 Å². The fourth-order valence-corrected chi connectivity index (χ4v) is 4.02. The van der Waals surface area contributed by atoms with Crippen molar-refractivity contribution in [3.05, 3.63) is 29.8 Å². The molecule has 2 saturated heterocycles. The minimum absolute atomic E-state index is 0.161. The van der Waals surface area contributed by atoms with E-state index < -0.39 is 5.60 Å². The summed E-state index contributed by atoms with van der Waals surface area (Å²) in [5, 5.41) is 0. The minimum atomic E-state index is -0.460. The van der Waals surface area contributed by atoms with Crippen molar-refractivity contribution in [1.29, 1.82) is 0 Å². The standard InChI is InChI=1S/C22H35BN2O4/c1-17-15-22(5,6)29-23(28-17)19-10-8-7-9-18(19)16-24-11-13-25(14-12-24)20(26)27-21(2,3)4/h7-10,17H,11-16H2,1-6H3.